The van der Waals surface area contributed by atoms with E-state index in [1.165, 1.54) is 0 Å². The maximum absolute atomic E-state index is 12.9. The molecule has 1 N–H and O–H groups in total. The zero-order chi connectivity index (χ0) is 21.1. The molecular formula is C18H26F3N3O3S. The van der Waals surface area contributed by atoms with E-state index in [1.807, 2.05) is 25.7 Å². The second-order valence-corrected chi connectivity index (χ2v) is 9.24. The number of piperazine rings is 1. The molecule has 0 unspecified atom stereocenters. The van der Waals surface area contributed by atoms with Crippen molar-refractivity contribution in [3.63, 3.8) is 0 Å². The summed E-state index contributed by atoms with van der Waals surface area (Å²) in [5.74, 6) is 0.175. The maximum Gasteiger partial charge on any atom is 0.416 e. The van der Waals surface area contributed by atoms with Crippen LogP contribution < -0.4 is 5.32 Å². The lowest BCUT2D eigenvalue weighted by atomic mass is 10.1. The van der Waals surface area contributed by atoms with Gasteiger partial charge in [-0.3, -0.25) is 9.69 Å². The molecule has 2 rings (SSSR count). The van der Waals surface area contributed by atoms with Crippen molar-refractivity contribution in [2.24, 2.45) is 5.92 Å². The van der Waals surface area contributed by atoms with Crippen LogP contribution in [-0.4, -0.2) is 62.3 Å². The normalized spacial score (nSPS) is 18.2. The quantitative estimate of drug-likeness (QED) is 0.765. The predicted octanol–water partition coefficient (Wildman–Crippen LogP) is 2.17. The van der Waals surface area contributed by atoms with Gasteiger partial charge in [0, 0.05) is 32.2 Å². The van der Waals surface area contributed by atoms with Crippen LogP contribution >= 0.6 is 0 Å². The molecule has 1 atom stereocenters. The van der Waals surface area contributed by atoms with Crippen LogP contribution in [0.2, 0.25) is 0 Å². The number of amides is 1. The third-order valence-corrected chi connectivity index (χ3v) is 6.78. The molecule has 1 aliphatic rings. The molecule has 1 aliphatic heterocycles. The van der Waals surface area contributed by atoms with Gasteiger partial charge < -0.3 is 5.32 Å². The summed E-state index contributed by atoms with van der Waals surface area (Å²) >= 11 is 0. The number of carbonyl (C=O) groups excluding carboxylic acids is 1. The van der Waals surface area contributed by atoms with E-state index in [4.69, 9.17) is 0 Å². The molecule has 1 aromatic carbocycles. The third-order valence-electron chi connectivity index (χ3n) is 4.89. The smallest absolute Gasteiger partial charge is 0.352 e. The van der Waals surface area contributed by atoms with Crippen molar-refractivity contribution >= 4 is 15.9 Å². The van der Waals surface area contributed by atoms with Gasteiger partial charge in [0.05, 0.1) is 17.0 Å². The van der Waals surface area contributed by atoms with Crippen molar-refractivity contribution in [1.82, 2.24) is 14.5 Å². The molecule has 0 aliphatic carbocycles. The molecule has 0 radical (unpaired) electrons. The highest BCUT2D eigenvalue weighted by Gasteiger charge is 2.34. The number of nitrogens with zero attached hydrogens (tertiary/aromatic N) is 2. The van der Waals surface area contributed by atoms with Crippen molar-refractivity contribution in [2.45, 2.75) is 37.9 Å². The summed E-state index contributed by atoms with van der Waals surface area (Å²) in [6.45, 7) is 6.99. The summed E-state index contributed by atoms with van der Waals surface area (Å²) in [6, 6.07) is 3.79. The first-order valence-electron chi connectivity index (χ1n) is 9.10. The van der Waals surface area contributed by atoms with Gasteiger partial charge in [0.1, 0.15) is 0 Å². The van der Waals surface area contributed by atoms with E-state index < -0.39 is 21.8 Å². The summed E-state index contributed by atoms with van der Waals surface area (Å²) in [5.41, 5.74) is -0.997. The number of carbonyl (C=O) groups is 1. The molecule has 0 spiro atoms. The Morgan fingerprint density at radius 3 is 2.29 bits per heavy atom. The molecule has 1 saturated heterocycles. The standard InChI is InChI=1S/C18H26F3N3O3S/c1-13(2)14(3)22-17(25)12-23-7-9-24(10-8-23)28(26,27)16-6-4-5-15(11-16)18(19,20)21/h4-6,11,13-14H,7-10,12H2,1-3H3,(H,22,25)/t14-/m1/s1. The molecule has 1 aromatic rings. The molecule has 6 nitrogen and oxygen atoms in total. The van der Waals surface area contributed by atoms with E-state index in [9.17, 15) is 26.4 Å². The van der Waals surface area contributed by atoms with Gasteiger partial charge in [0.2, 0.25) is 15.9 Å². The third kappa shape index (κ3) is 5.68. The van der Waals surface area contributed by atoms with E-state index in [0.29, 0.717) is 25.1 Å². The second-order valence-electron chi connectivity index (χ2n) is 7.31. The van der Waals surface area contributed by atoms with Crippen LogP contribution in [0.1, 0.15) is 26.3 Å². The van der Waals surface area contributed by atoms with Gasteiger partial charge in [-0.2, -0.15) is 17.5 Å². The molecule has 0 saturated carbocycles. The molecule has 10 heteroatoms. The SMILES string of the molecule is CC(C)[C@@H](C)NC(=O)CN1CCN(S(=O)(=O)c2cccc(C(F)(F)F)c2)CC1. The Labute approximate surface area is 163 Å². The van der Waals surface area contributed by atoms with Crippen LogP contribution in [0, 0.1) is 5.92 Å². The minimum Gasteiger partial charge on any atom is -0.352 e. The summed E-state index contributed by atoms with van der Waals surface area (Å²) in [4.78, 5) is 13.5. The maximum atomic E-state index is 12.9. The van der Waals surface area contributed by atoms with Crippen molar-refractivity contribution in [1.29, 1.82) is 0 Å². The van der Waals surface area contributed by atoms with Crippen LogP contribution in [0.15, 0.2) is 29.2 Å². The number of sulfonamides is 1. The number of halogens is 3. The first-order valence-corrected chi connectivity index (χ1v) is 10.5. The first kappa shape index (κ1) is 22.6. The zero-order valence-electron chi connectivity index (χ0n) is 16.2. The van der Waals surface area contributed by atoms with Crippen LogP contribution in [0.25, 0.3) is 0 Å². The van der Waals surface area contributed by atoms with E-state index in [2.05, 4.69) is 5.32 Å². The van der Waals surface area contributed by atoms with Gasteiger partial charge in [-0.05, 0) is 31.0 Å². The summed E-state index contributed by atoms with van der Waals surface area (Å²) in [5, 5.41) is 2.90. The molecule has 1 fully saturated rings. The van der Waals surface area contributed by atoms with E-state index in [-0.39, 0.29) is 36.5 Å². The Morgan fingerprint density at radius 2 is 1.75 bits per heavy atom. The Kier molecular flexibility index (Phi) is 7.11. The number of hydrogen-bond donors (Lipinski definition) is 1. The highest BCUT2D eigenvalue weighted by Crippen LogP contribution is 2.31. The van der Waals surface area contributed by atoms with Crippen molar-refractivity contribution in [3.05, 3.63) is 29.8 Å². The topological polar surface area (TPSA) is 69.7 Å². The zero-order valence-corrected chi connectivity index (χ0v) is 17.0. The van der Waals surface area contributed by atoms with Crippen molar-refractivity contribution in [2.75, 3.05) is 32.7 Å². The van der Waals surface area contributed by atoms with Crippen molar-refractivity contribution < 1.29 is 26.4 Å². The highest BCUT2D eigenvalue weighted by molar-refractivity contribution is 7.89. The van der Waals surface area contributed by atoms with Crippen LogP contribution in [0.4, 0.5) is 13.2 Å². The molecule has 28 heavy (non-hydrogen) atoms. The Morgan fingerprint density at radius 1 is 1.14 bits per heavy atom. The van der Waals surface area contributed by atoms with Gasteiger partial charge in [0.15, 0.2) is 0 Å². The molecular weight excluding hydrogens is 395 g/mol. The van der Waals surface area contributed by atoms with Gasteiger partial charge in [-0.25, -0.2) is 8.42 Å². The average molecular weight is 421 g/mol. The fraction of sp³-hybridized carbons (Fsp3) is 0.611. The number of hydrogen-bond acceptors (Lipinski definition) is 4. The van der Waals surface area contributed by atoms with Crippen LogP contribution in [0.3, 0.4) is 0 Å². The summed E-state index contributed by atoms with van der Waals surface area (Å²) < 4.78 is 65.1. The fourth-order valence-electron chi connectivity index (χ4n) is 2.78. The largest absolute Gasteiger partial charge is 0.416 e. The monoisotopic (exact) mass is 421 g/mol. The van der Waals surface area contributed by atoms with E-state index in [1.54, 1.807) is 0 Å². The molecule has 0 bridgehead atoms. The number of nitrogens with one attached hydrogen (secondary N) is 1. The molecule has 158 valence electrons. The average Bonchev–Trinajstić information content (AvgIpc) is 2.61. The fourth-order valence-corrected chi connectivity index (χ4v) is 4.25. The van der Waals surface area contributed by atoms with Gasteiger partial charge in [-0.1, -0.05) is 19.9 Å². The second kappa shape index (κ2) is 8.79. The molecule has 1 amide bonds. The number of rotatable bonds is 6. The number of alkyl halides is 3. The number of benzene rings is 1. The van der Waals surface area contributed by atoms with E-state index >= 15 is 0 Å². The Bertz CT molecular complexity index is 789. The summed E-state index contributed by atoms with van der Waals surface area (Å²) in [7, 11) is -4.02. The lowest BCUT2D eigenvalue weighted by Gasteiger charge is -2.34. The lowest BCUT2D eigenvalue weighted by Crippen LogP contribution is -2.51. The van der Waals surface area contributed by atoms with Gasteiger partial charge >= 0.3 is 6.18 Å². The van der Waals surface area contributed by atoms with Gasteiger partial charge in [0.25, 0.3) is 0 Å². The minimum absolute atomic E-state index is 0.0371. The first-order chi connectivity index (χ1) is 12.9. The molecule has 1 heterocycles. The minimum atomic E-state index is -4.61. The highest BCUT2D eigenvalue weighted by atomic mass is 32.2. The predicted molar refractivity (Wildman–Crippen MR) is 99.1 cm³/mol. The lowest BCUT2D eigenvalue weighted by molar-refractivity contribution is -0.137. The molecule has 0 aromatic heterocycles. The summed E-state index contributed by atoms with van der Waals surface area (Å²) in [6.07, 6.45) is -4.61. The van der Waals surface area contributed by atoms with Crippen LogP contribution in [0.5, 0.6) is 0 Å². The Hall–Kier alpha value is -1.65. The van der Waals surface area contributed by atoms with Crippen molar-refractivity contribution in [3.8, 4) is 0 Å². The Balaban J connectivity index is 1.98. The van der Waals surface area contributed by atoms with Crippen LogP contribution in [-0.2, 0) is 21.0 Å². The van der Waals surface area contributed by atoms with E-state index in [0.717, 1.165) is 22.5 Å². The van der Waals surface area contributed by atoms with Gasteiger partial charge in [-0.15, -0.1) is 0 Å².